The highest BCUT2D eigenvalue weighted by Gasteiger charge is 3.03. The molecule has 4 unspecified atom stereocenters. The van der Waals surface area contributed by atoms with Crippen LogP contribution in [0.5, 0.6) is 0 Å². The molecule has 0 aromatic carbocycles. The Hall–Kier alpha value is -1.52. The van der Waals surface area contributed by atoms with Crippen molar-refractivity contribution in [2.24, 2.45) is 11.8 Å². The maximum atomic E-state index is 15.8. The molecule has 212 valence electrons. The second kappa shape index (κ2) is 8.76. The molecule has 4 nitrogen and oxygen atoms in total. The summed E-state index contributed by atoms with van der Waals surface area (Å²) in [6.45, 7) is 1.66. The number of carbonyl (C=O) groups is 1. The molecule has 2 fully saturated rings. The SMILES string of the molecule is CCC(C)C(=O)OC1(C(F)(F)F)C(F)(F)C(O)(C(F)(F)F)OC(C2CCCCC2)(C(F)(F)F)C1(F)F. The first-order valence-corrected chi connectivity index (χ1v) is 10.5. The standard InChI is InChI=1S/C19H21F13O4/c1-3-9(2)11(33)35-13(18(27,28)29)14(20,21)12(17(24,25)26,10-7-5-4-6-8-10)36-16(34,15(13,22)23)19(30,31)32/h9-10,34H,3-8H2,1-2H3. The van der Waals surface area contributed by atoms with Gasteiger partial charge in [0, 0.05) is 5.92 Å². The maximum Gasteiger partial charge on any atom is 0.449 e. The number of esters is 1. The predicted octanol–water partition coefficient (Wildman–Crippen LogP) is 6.31. The van der Waals surface area contributed by atoms with Crippen molar-refractivity contribution in [3.8, 4) is 0 Å². The molecule has 36 heavy (non-hydrogen) atoms. The molecule has 0 aromatic heterocycles. The van der Waals surface area contributed by atoms with E-state index < -0.39 is 97.3 Å². The molecule has 0 spiro atoms. The van der Waals surface area contributed by atoms with Gasteiger partial charge in [-0.3, -0.25) is 4.79 Å². The van der Waals surface area contributed by atoms with Crippen molar-refractivity contribution in [3.63, 3.8) is 0 Å². The zero-order chi connectivity index (χ0) is 28.4. The van der Waals surface area contributed by atoms with Crippen molar-refractivity contribution in [1.82, 2.24) is 0 Å². The molecule has 2 rings (SSSR count). The van der Waals surface area contributed by atoms with Gasteiger partial charge in [-0.1, -0.05) is 33.1 Å². The summed E-state index contributed by atoms with van der Waals surface area (Å²) in [6, 6.07) is 0. The fraction of sp³-hybridized carbons (Fsp3) is 0.947. The van der Waals surface area contributed by atoms with Crippen LogP contribution in [0.25, 0.3) is 0 Å². The van der Waals surface area contributed by atoms with E-state index in [1.807, 2.05) is 0 Å². The molecule has 1 saturated carbocycles. The summed E-state index contributed by atoms with van der Waals surface area (Å²) in [4.78, 5) is 12.1. The molecule has 1 aliphatic heterocycles. The van der Waals surface area contributed by atoms with E-state index in [0.717, 1.165) is 6.92 Å². The monoisotopic (exact) mass is 560 g/mol. The molecule has 1 saturated heterocycles. The Labute approximate surface area is 195 Å². The molecule has 2 aliphatic rings. The lowest BCUT2D eigenvalue weighted by Gasteiger charge is -2.62. The van der Waals surface area contributed by atoms with Gasteiger partial charge in [0.25, 0.3) is 0 Å². The molecule has 0 aromatic rings. The van der Waals surface area contributed by atoms with Gasteiger partial charge in [0.2, 0.25) is 5.60 Å². The third-order valence-corrected chi connectivity index (χ3v) is 6.74. The summed E-state index contributed by atoms with van der Waals surface area (Å²) >= 11 is 0. The van der Waals surface area contributed by atoms with Gasteiger partial charge in [-0.2, -0.15) is 57.1 Å². The number of ether oxygens (including phenoxy) is 2. The molecule has 1 N–H and O–H groups in total. The van der Waals surface area contributed by atoms with Gasteiger partial charge in [0.15, 0.2) is 0 Å². The van der Waals surface area contributed by atoms with Crippen LogP contribution >= 0.6 is 0 Å². The average Bonchev–Trinajstić information content (AvgIpc) is 2.71. The molecule has 0 amide bonds. The Morgan fingerprint density at radius 2 is 1.36 bits per heavy atom. The number of aliphatic hydroxyl groups is 1. The third-order valence-electron chi connectivity index (χ3n) is 6.74. The summed E-state index contributed by atoms with van der Waals surface area (Å²) in [6.07, 6.45) is -25.3. The number of rotatable bonds is 4. The molecule has 1 heterocycles. The minimum atomic E-state index is -7.49. The van der Waals surface area contributed by atoms with E-state index in [9.17, 15) is 49.4 Å². The van der Waals surface area contributed by atoms with Gasteiger partial charge < -0.3 is 14.6 Å². The number of carbonyl (C=O) groups excluding carboxylic acids is 1. The summed E-state index contributed by atoms with van der Waals surface area (Å²) in [5, 5.41) is 9.78. The van der Waals surface area contributed by atoms with Gasteiger partial charge in [-0.15, -0.1) is 0 Å². The van der Waals surface area contributed by atoms with Crippen molar-refractivity contribution in [3.05, 3.63) is 0 Å². The van der Waals surface area contributed by atoms with Crippen molar-refractivity contribution in [1.29, 1.82) is 0 Å². The van der Waals surface area contributed by atoms with Crippen LogP contribution in [0, 0.1) is 11.8 Å². The fourth-order valence-electron chi connectivity index (χ4n) is 4.57. The number of halogens is 13. The Kier molecular flexibility index (Phi) is 7.48. The first-order valence-electron chi connectivity index (χ1n) is 10.5. The topological polar surface area (TPSA) is 55.8 Å². The number of hydrogen-bond acceptors (Lipinski definition) is 4. The smallest absolute Gasteiger partial charge is 0.436 e. The van der Waals surface area contributed by atoms with Crippen molar-refractivity contribution >= 4 is 5.97 Å². The van der Waals surface area contributed by atoms with Crippen LogP contribution < -0.4 is 0 Å². The van der Waals surface area contributed by atoms with E-state index in [0.29, 0.717) is 6.92 Å². The second-order valence-electron chi connectivity index (χ2n) is 8.87. The minimum absolute atomic E-state index is 0.0309. The fourth-order valence-corrected chi connectivity index (χ4v) is 4.57. The zero-order valence-electron chi connectivity index (χ0n) is 18.5. The summed E-state index contributed by atoms with van der Waals surface area (Å²) < 4.78 is 195. The Balaban J connectivity index is 3.15. The molecule has 4 atom stereocenters. The summed E-state index contributed by atoms with van der Waals surface area (Å²) in [5.74, 6) is -28.9. The normalized spacial score (nSPS) is 34.8. The lowest BCUT2D eigenvalue weighted by atomic mass is 9.63. The Bertz CT molecular complexity index is 831. The van der Waals surface area contributed by atoms with Crippen LogP contribution in [-0.2, 0) is 14.3 Å². The second-order valence-corrected chi connectivity index (χ2v) is 8.87. The quantitative estimate of drug-likeness (QED) is 0.324. The highest BCUT2D eigenvalue weighted by Crippen LogP contribution is 2.72. The lowest BCUT2D eigenvalue weighted by Crippen LogP contribution is -2.92. The van der Waals surface area contributed by atoms with Crippen LogP contribution in [0.4, 0.5) is 57.1 Å². The first-order chi connectivity index (χ1) is 15.9. The van der Waals surface area contributed by atoms with E-state index >= 15 is 17.6 Å². The van der Waals surface area contributed by atoms with E-state index in [1.54, 1.807) is 0 Å². The van der Waals surface area contributed by atoms with E-state index in [4.69, 9.17) is 0 Å². The van der Waals surface area contributed by atoms with E-state index in [-0.39, 0.29) is 6.42 Å². The van der Waals surface area contributed by atoms with Gasteiger partial charge in [0.1, 0.15) is 0 Å². The molecular weight excluding hydrogens is 539 g/mol. The molecule has 1 aliphatic carbocycles. The van der Waals surface area contributed by atoms with Gasteiger partial charge in [-0.05, 0) is 19.3 Å². The predicted molar refractivity (Wildman–Crippen MR) is 91.7 cm³/mol. The van der Waals surface area contributed by atoms with Crippen LogP contribution in [-0.4, -0.2) is 58.4 Å². The molecular formula is C19H21F13O4. The van der Waals surface area contributed by atoms with Crippen molar-refractivity contribution in [2.45, 2.75) is 99.7 Å². The van der Waals surface area contributed by atoms with E-state index in [2.05, 4.69) is 9.47 Å². The van der Waals surface area contributed by atoms with E-state index in [1.165, 1.54) is 0 Å². The average molecular weight is 560 g/mol. The highest BCUT2D eigenvalue weighted by atomic mass is 19.4. The van der Waals surface area contributed by atoms with Gasteiger partial charge in [-0.25, -0.2) is 0 Å². The summed E-state index contributed by atoms with van der Waals surface area (Å²) in [5.41, 5.74) is -13.1. The number of hydrogen-bond donors (Lipinski definition) is 1. The minimum Gasteiger partial charge on any atom is -0.436 e. The lowest BCUT2D eigenvalue weighted by molar-refractivity contribution is -0.585. The Morgan fingerprint density at radius 1 is 0.889 bits per heavy atom. The van der Waals surface area contributed by atoms with Crippen LogP contribution in [0.2, 0.25) is 0 Å². The molecule has 17 heteroatoms. The maximum absolute atomic E-state index is 15.8. The zero-order valence-corrected chi connectivity index (χ0v) is 18.5. The van der Waals surface area contributed by atoms with Gasteiger partial charge >= 0.3 is 47.7 Å². The van der Waals surface area contributed by atoms with Crippen LogP contribution in [0.3, 0.4) is 0 Å². The van der Waals surface area contributed by atoms with Crippen LogP contribution in [0.1, 0.15) is 52.4 Å². The largest absolute Gasteiger partial charge is 0.449 e. The van der Waals surface area contributed by atoms with Gasteiger partial charge in [0.05, 0.1) is 5.92 Å². The third kappa shape index (κ3) is 3.76. The van der Waals surface area contributed by atoms with Crippen molar-refractivity contribution < 1.29 is 76.5 Å². The first kappa shape index (κ1) is 30.7. The highest BCUT2D eigenvalue weighted by molar-refractivity contribution is 5.73. The Morgan fingerprint density at radius 3 is 1.72 bits per heavy atom. The van der Waals surface area contributed by atoms with Crippen LogP contribution in [0.15, 0.2) is 0 Å². The summed E-state index contributed by atoms with van der Waals surface area (Å²) in [7, 11) is 0. The van der Waals surface area contributed by atoms with Crippen molar-refractivity contribution in [2.75, 3.05) is 0 Å². The molecule has 0 bridgehead atoms. The number of alkyl halides is 13. The molecule has 0 radical (unpaired) electrons.